The van der Waals surface area contributed by atoms with Gasteiger partial charge in [-0.3, -0.25) is 0 Å². The van der Waals surface area contributed by atoms with Crippen molar-refractivity contribution in [3.8, 4) is 0 Å². The van der Waals surface area contributed by atoms with Crippen LogP contribution in [0.5, 0.6) is 0 Å². The highest BCUT2D eigenvalue weighted by Gasteiger charge is 2.14. The van der Waals surface area contributed by atoms with Crippen molar-refractivity contribution in [3.63, 3.8) is 0 Å². The molecule has 1 aromatic carbocycles. The molecule has 1 N–H and O–H groups in total. The molecule has 0 spiro atoms. The van der Waals surface area contributed by atoms with Gasteiger partial charge in [-0.05, 0) is 24.6 Å². The van der Waals surface area contributed by atoms with Crippen LogP contribution in [-0.4, -0.2) is 13.1 Å². The van der Waals surface area contributed by atoms with E-state index in [0.29, 0.717) is 5.02 Å². The van der Waals surface area contributed by atoms with Crippen LogP contribution in [0.1, 0.15) is 18.5 Å². The zero-order chi connectivity index (χ0) is 11.5. The summed E-state index contributed by atoms with van der Waals surface area (Å²) in [5, 5.41) is 0.595. The number of alkyl halides is 1. The predicted octanol–water partition coefficient (Wildman–Crippen LogP) is 2.67. The van der Waals surface area contributed by atoms with Crippen LogP contribution in [0.4, 0.5) is 0 Å². The van der Waals surface area contributed by atoms with Gasteiger partial charge in [0.05, 0.1) is 0 Å². The normalized spacial score (nSPS) is 13.8. The Morgan fingerprint density at radius 1 is 1.53 bits per heavy atom. The summed E-state index contributed by atoms with van der Waals surface area (Å²) < 4.78 is 25.0. The van der Waals surface area contributed by atoms with Gasteiger partial charge in [-0.1, -0.05) is 39.7 Å². The molecule has 0 radical (unpaired) electrons. The molecule has 0 aliphatic heterocycles. The zero-order valence-corrected chi connectivity index (χ0v) is 11.2. The molecule has 0 saturated carbocycles. The fourth-order valence-electron chi connectivity index (χ4n) is 1.14. The average Bonchev–Trinajstić information content (AvgIpc) is 2.17. The van der Waals surface area contributed by atoms with Crippen LogP contribution in [0.2, 0.25) is 5.02 Å². The molecule has 0 aliphatic carbocycles. The van der Waals surface area contributed by atoms with Gasteiger partial charge in [0.25, 0.3) is 0 Å². The molecular weight excluding hydrogens is 302 g/mol. The molecule has 3 nitrogen and oxygen atoms in total. The van der Waals surface area contributed by atoms with Crippen molar-refractivity contribution in [2.24, 2.45) is 0 Å². The highest BCUT2D eigenvalue weighted by atomic mass is 79.9. The summed E-state index contributed by atoms with van der Waals surface area (Å²) in [7, 11) is -3.26. The molecule has 1 aromatic rings. The fraction of sp³-hybridized carbons (Fsp3) is 0.333. The van der Waals surface area contributed by atoms with E-state index in [2.05, 4.69) is 20.7 Å². The summed E-state index contributed by atoms with van der Waals surface area (Å²) in [6.45, 7) is 1.77. The summed E-state index contributed by atoms with van der Waals surface area (Å²) in [6, 6.07) is 6.81. The summed E-state index contributed by atoms with van der Waals surface area (Å²) in [5.41, 5.74) is 0.840. The Morgan fingerprint density at radius 2 is 2.20 bits per heavy atom. The number of benzene rings is 1. The molecule has 1 rings (SSSR count). The Kier molecular flexibility index (Phi) is 4.58. The van der Waals surface area contributed by atoms with E-state index in [0.717, 1.165) is 5.56 Å². The van der Waals surface area contributed by atoms with Crippen molar-refractivity contribution < 1.29 is 8.42 Å². The third kappa shape index (κ3) is 4.10. The maximum Gasteiger partial charge on any atom is 0.222 e. The lowest BCUT2D eigenvalue weighted by Gasteiger charge is -2.13. The molecular formula is C9H11BrClNO2S. The van der Waals surface area contributed by atoms with E-state index < -0.39 is 10.0 Å². The van der Waals surface area contributed by atoms with E-state index in [-0.39, 0.29) is 10.7 Å². The van der Waals surface area contributed by atoms with Crippen molar-refractivity contribution in [3.05, 3.63) is 34.9 Å². The first-order valence-corrected chi connectivity index (χ1v) is 7.41. The molecule has 0 bridgehead atoms. The third-order valence-electron chi connectivity index (χ3n) is 1.85. The topological polar surface area (TPSA) is 46.2 Å². The lowest BCUT2D eigenvalue weighted by molar-refractivity contribution is 0.572. The van der Waals surface area contributed by atoms with Crippen LogP contribution in [-0.2, 0) is 10.0 Å². The smallest absolute Gasteiger partial charge is 0.212 e. The van der Waals surface area contributed by atoms with Crippen LogP contribution in [0.3, 0.4) is 0 Å². The highest BCUT2D eigenvalue weighted by Crippen LogP contribution is 2.18. The number of nitrogens with one attached hydrogen (secondary N) is 1. The lowest BCUT2D eigenvalue weighted by atomic mass is 10.1. The van der Waals surface area contributed by atoms with Crippen molar-refractivity contribution in [1.82, 2.24) is 4.72 Å². The molecule has 0 saturated heterocycles. The van der Waals surface area contributed by atoms with E-state index >= 15 is 0 Å². The van der Waals surface area contributed by atoms with E-state index in [1.807, 2.05) is 6.07 Å². The van der Waals surface area contributed by atoms with Crippen LogP contribution >= 0.6 is 27.5 Å². The van der Waals surface area contributed by atoms with Gasteiger partial charge in [0.2, 0.25) is 10.0 Å². The fourth-order valence-corrected chi connectivity index (χ4v) is 2.48. The second kappa shape index (κ2) is 5.30. The summed E-state index contributed by atoms with van der Waals surface area (Å²) in [6.07, 6.45) is 0. The molecule has 0 unspecified atom stereocenters. The quantitative estimate of drug-likeness (QED) is 0.869. The number of hydrogen-bond acceptors (Lipinski definition) is 2. The second-order valence-electron chi connectivity index (χ2n) is 3.12. The van der Waals surface area contributed by atoms with E-state index in [1.165, 1.54) is 0 Å². The molecule has 6 heteroatoms. The van der Waals surface area contributed by atoms with Crippen molar-refractivity contribution in [2.45, 2.75) is 13.0 Å². The SMILES string of the molecule is C[C@H](NS(=O)(=O)CBr)c1cccc(Cl)c1. The van der Waals surface area contributed by atoms with Crippen LogP contribution in [0.25, 0.3) is 0 Å². The van der Waals surface area contributed by atoms with Gasteiger partial charge in [-0.25, -0.2) is 13.1 Å². The molecule has 0 aromatic heterocycles. The molecule has 84 valence electrons. The summed E-state index contributed by atoms with van der Waals surface area (Å²) in [5.74, 6) is 0. The second-order valence-corrected chi connectivity index (χ2v) is 6.61. The molecule has 0 aliphatic rings. The summed E-state index contributed by atoms with van der Waals surface area (Å²) >= 11 is 8.72. The Labute approximate surface area is 103 Å². The minimum absolute atomic E-state index is 0.106. The first kappa shape index (κ1) is 13.0. The van der Waals surface area contributed by atoms with E-state index in [9.17, 15) is 8.42 Å². The maximum atomic E-state index is 11.3. The third-order valence-corrected chi connectivity index (χ3v) is 4.89. The first-order valence-electron chi connectivity index (χ1n) is 4.26. The van der Waals surface area contributed by atoms with Gasteiger partial charge in [0.15, 0.2) is 0 Å². The van der Waals surface area contributed by atoms with Crippen LogP contribution in [0.15, 0.2) is 24.3 Å². The van der Waals surface area contributed by atoms with Gasteiger partial charge in [0.1, 0.15) is 4.66 Å². The zero-order valence-electron chi connectivity index (χ0n) is 8.07. The monoisotopic (exact) mass is 311 g/mol. The Hall–Kier alpha value is -0.100. The maximum absolute atomic E-state index is 11.3. The predicted molar refractivity (Wildman–Crippen MR) is 65.7 cm³/mol. The molecule has 0 heterocycles. The Balaban J connectivity index is 2.82. The Bertz CT molecular complexity index is 435. The number of hydrogen-bond donors (Lipinski definition) is 1. The summed E-state index contributed by atoms with van der Waals surface area (Å²) in [4.78, 5) is 0. The average molecular weight is 313 g/mol. The minimum Gasteiger partial charge on any atom is -0.212 e. The van der Waals surface area contributed by atoms with Crippen molar-refractivity contribution >= 4 is 37.6 Å². The molecule has 0 fully saturated rings. The van der Waals surface area contributed by atoms with Crippen molar-refractivity contribution in [1.29, 1.82) is 0 Å². The first-order chi connectivity index (χ1) is 6.94. The minimum atomic E-state index is -3.26. The van der Waals surface area contributed by atoms with Gasteiger partial charge < -0.3 is 0 Å². The lowest BCUT2D eigenvalue weighted by Crippen LogP contribution is -2.27. The van der Waals surface area contributed by atoms with Gasteiger partial charge in [-0.2, -0.15) is 0 Å². The van der Waals surface area contributed by atoms with Crippen LogP contribution in [0, 0.1) is 0 Å². The van der Waals surface area contributed by atoms with Crippen LogP contribution < -0.4 is 4.72 Å². The van der Waals surface area contributed by atoms with Crippen molar-refractivity contribution in [2.75, 3.05) is 4.66 Å². The van der Waals surface area contributed by atoms with E-state index in [1.54, 1.807) is 25.1 Å². The molecule has 15 heavy (non-hydrogen) atoms. The Morgan fingerprint density at radius 3 is 2.73 bits per heavy atom. The molecule has 0 amide bonds. The number of halogens is 2. The number of rotatable bonds is 4. The number of sulfonamides is 1. The van der Waals surface area contributed by atoms with Gasteiger partial charge in [0, 0.05) is 11.1 Å². The van der Waals surface area contributed by atoms with Gasteiger partial charge in [-0.15, -0.1) is 0 Å². The van der Waals surface area contributed by atoms with Gasteiger partial charge >= 0.3 is 0 Å². The standard InChI is InChI=1S/C9H11BrClNO2S/c1-7(12-15(13,14)6-10)8-3-2-4-9(11)5-8/h2-5,7,12H,6H2,1H3/t7-/m0/s1. The largest absolute Gasteiger partial charge is 0.222 e. The molecule has 1 atom stereocenters. The highest BCUT2D eigenvalue weighted by molar-refractivity contribution is 9.10. The van der Waals surface area contributed by atoms with E-state index in [4.69, 9.17) is 11.6 Å².